The van der Waals surface area contributed by atoms with E-state index in [1.54, 1.807) is 30.5 Å². The maximum absolute atomic E-state index is 12.7. The summed E-state index contributed by atoms with van der Waals surface area (Å²) >= 11 is 0. The van der Waals surface area contributed by atoms with Gasteiger partial charge in [0, 0.05) is 24.2 Å². The van der Waals surface area contributed by atoms with Gasteiger partial charge in [-0.15, -0.1) is 0 Å². The highest BCUT2D eigenvalue weighted by molar-refractivity contribution is 7.89. The lowest BCUT2D eigenvalue weighted by atomic mass is 10.1. The van der Waals surface area contributed by atoms with Crippen LogP contribution in [-0.4, -0.2) is 32.2 Å². The molecule has 0 amide bonds. The molecule has 0 unspecified atom stereocenters. The first-order valence-corrected chi connectivity index (χ1v) is 8.95. The van der Waals surface area contributed by atoms with Crippen LogP contribution in [0.4, 0.5) is 0 Å². The predicted molar refractivity (Wildman–Crippen MR) is 85.2 cm³/mol. The molecule has 1 fully saturated rings. The van der Waals surface area contributed by atoms with Crippen LogP contribution in [-0.2, 0) is 14.8 Å². The quantitative estimate of drug-likeness (QED) is 0.939. The summed E-state index contributed by atoms with van der Waals surface area (Å²) < 4.78 is 33.8. The number of sulfonamides is 1. The molecule has 0 aliphatic carbocycles. The normalized spacial score (nSPS) is 20.4. The molecule has 2 aromatic rings. The number of pyridine rings is 1. The van der Waals surface area contributed by atoms with Gasteiger partial charge in [-0.2, -0.15) is 0 Å². The fraction of sp³-hybridized carbons (Fsp3) is 0.438. The minimum atomic E-state index is -3.61. The molecule has 3 rings (SSSR count). The molecule has 0 radical (unpaired) electrons. The molecule has 6 heteroatoms. The maximum atomic E-state index is 12.7. The molecule has 22 heavy (non-hydrogen) atoms. The molecular weight excluding hydrogens is 300 g/mol. The molecule has 0 spiro atoms. The van der Waals surface area contributed by atoms with E-state index in [9.17, 15) is 8.42 Å². The average Bonchev–Trinajstić information content (AvgIpc) is 3.01. The molecule has 118 valence electrons. The summed E-state index contributed by atoms with van der Waals surface area (Å²) in [7, 11) is -3.61. The molecule has 2 heterocycles. The van der Waals surface area contributed by atoms with E-state index in [-0.39, 0.29) is 17.0 Å². The van der Waals surface area contributed by atoms with Crippen LogP contribution < -0.4 is 4.72 Å². The number of aromatic nitrogens is 1. The van der Waals surface area contributed by atoms with Gasteiger partial charge in [0.2, 0.25) is 10.0 Å². The molecule has 2 atom stereocenters. The van der Waals surface area contributed by atoms with E-state index in [0.717, 1.165) is 23.9 Å². The van der Waals surface area contributed by atoms with Crippen LogP contribution >= 0.6 is 0 Å². The Hall–Kier alpha value is -1.50. The van der Waals surface area contributed by atoms with Crippen LogP contribution in [0.3, 0.4) is 0 Å². The van der Waals surface area contributed by atoms with Gasteiger partial charge in [-0.3, -0.25) is 4.98 Å². The zero-order valence-electron chi connectivity index (χ0n) is 12.7. The number of hydrogen-bond acceptors (Lipinski definition) is 4. The summed E-state index contributed by atoms with van der Waals surface area (Å²) in [6, 6.07) is 6.73. The summed E-state index contributed by atoms with van der Waals surface area (Å²) in [5, 5.41) is 0.648. The highest BCUT2D eigenvalue weighted by Crippen LogP contribution is 2.25. The Morgan fingerprint density at radius 3 is 2.91 bits per heavy atom. The van der Waals surface area contributed by atoms with E-state index in [1.807, 2.05) is 13.8 Å². The molecule has 1 aliphatic heterocycles. The van der Waals surface area contributed by atoms with Crippen molar-refractivity contribution in [2.45, 2.75) is 43.7 Å². The van der Waals surface area contributed by atoms with E-state index >= 15 is 0 Å². The predicted octanol–water partition coefficient (Wildman–Crippen LogP) is 2.39. The second kappa shape index (κ2) is 5.95. The fourth-order valence-electron chi connectivity index (χ4n) is 2.90. The Bertz CT molecular complexity index is 783. The number of benzene rings is 1. The first-order chi connectivity index (χ1) is 10.5. The Kier molecular flexibility index (Phi) is 4.16. The van der Waals surface area contributed by atoms with Crippen LogP contribution in [0.2, 0.25) is 0 Å². The van der Waals surface area contributed by atoms with Crippen molar-refractivity contribution in [2.24, 2.45) is 0 Å². The average molecular weight is 320 g/mol. The number of fused-ring (bicyclic) bond motifs is 1. The van der Waals surface area contributed by atoms with Crippen molar-refractivity contribution in [3.63, 3.8) is 0 Å². The minimum Gasteiger partial charge on any atom is -0.377 e. The largest absolute Gasteiger partial charge is 0.377 e. The SMILES string of the molecule is Cc1ccc(S(=O)(=O)N[C@@H](C)[C@H]2CCCO2)c2cccnc12. The molecule has 0 saturated carbocycles. The van der Waals surface area contributed by atoms with Gasteiger partial charge in [0.1, 0.15) is 0 Å². The third kappa shape index (κ3) is 2.86. The van der Waals surface area contributed by atoms with E-state index in [4.69, 9.17) is 4.74 Å². The lowest BCUT2D eigenvalue weighted by Crippen LogP contribution is -2.40. The molecule has 1 saturated heterocycles. The molecular formula is C16H20N2O3S. The van der Waals surface area contributed by atoms with Crippen molar-refractivity contribution < 1.29 is 13.2 Å². The lowest BCUT2D eigenvalue weighted by molar-refractivity contribution is 0.0902. The van der Waals surface area contributed by atoms with Gasteiger partial charge in [0.05, 0.1) is 16.5 Å². The van der Waals surface area contributed by atoms with Crippen molar-refractivity contribution in [1.82, 2.24) is 9.71 Å². The molecule has 1 aromatic carbocycles. The molecule has 1 aliphatic rings. The standard InChI is InChI=1S/C16H20N2O3S/c1-11-7-8-15(13-5-3-9-17-16(11)13)22(19,20)18-12(2)14-6-4-10-21-14/h3,5,7-9,12,14,18H,4,6,10H2,1-2H3/t12-,14+/m0/s1. The molecule has 1 N–H and O–H groups in total. The van der Waals surface area contributed by atoms with Gasteiger partial charge in [-0.25, -0.2) is 13.1 Å². The number of rotatable bonds is 4. The topological polar surface area (TPSA) is 68.3 Å². The van der Waals surface area contributed by atoms with E-state index in [1.165, 1.54) is 0 Å². The second-order valence-corrected chi connectivity index (χ2v) is 7.42. The van der Waals surface area contributed by atoms with E-state index in [2.05, 4.69) is 9.71 Å². The number of ether oxygens (including phenoxy) is 1. The summed E-state index contributed by atoms with van der Waals surface area (Å²) in [5.74, 6) is 0. The zero-order chi connectivity index (χ0) is 15.7. The summed E-state index contributed by atoms with van der Waals surface area (Å²) in [6.45, 7) is 4.48. The zero-order valence-corrected chi connectivity index (χ0v) is 13.6. The van der Waals surface area contributed by atoms with Gasteiger partial charge in [0.25, 0.3) is 0 Å². The van der Waals surface area contributed by atoms with Crippen LogP contribution in [0.25, 0.3) is 10.9 Å². The van der Waals surface area contributed by atoms with Gasteiger partial charge < -0.3 is 4.74 Å². The van der Waals surface area contributed by atoms with Crippen molar-refractivity contribution in [3.05, 3.63) is 36.0 Å². The van der Waals surface area contributed by atoms with E-state index < -0.39 is 10.0 Å². The smallest absolute Gasteiger partial charge is 0.241 e. The van der Waals surface area contributed by atoms with Gasteiger partial charge in [0.15, 0.2) is 0 Å². The molecule has 5 nitrogen and oxygen atoms in total. The lowest BCUT2D eigenvalue weighted by Gasteiger charge is -2.20. The van der Waals surface area contributed by atoms with Crippen LogP contribution in [0, 0.1) is 6.92 Å². The summed E-state index contributed by atoms with van der Waals surface area (Å²) in [4.78, 5) is 4.56. The number of nitrogens with zero attached hydrogens (tertiary/aromatic N) is 1. The van der Waals surface area contributed by atoms with Crippen LogP contribution in [0.1, 0.15) is 25.3 Å². The van der Waals surface area contributed by atoms with Crippen LogP contribution in [0.5, 0.6) is 0 Å². The van der Waals surface area contributed by atoms with Crippen molar-refractivity contribution in [1.29, 1.82) is 0 Å². The number of hydrogen-bond donors (Lipinski definition) is 1. The Balaban J connectivity index is 1.97. The molecule has 0 bridgehead atoms. The van der Waals surface area contributed by atoms with Gasteiger partial charge >= 0.3 is 0 Å². The Labute approximate surface area is 130 Å². The summed E-state index contributed by atoms with van der Waals surface area (Å²) in [5.41, 5.74) is 1.68. The van der Waals surface area contributed by atoms with Crippen molar-refractivity contribution in [2.75, 3.05) is 6.61 Å². The maximum Gasteiger partial charge on any atom is 0.241 e. The third-order valence-corrected chi connectivity index (χ3v) is 5.70. The van der Waals surface area contributed by atoms with Gasteiger partial charge in [-0.05, 0) is 50.5 Å². The highest BCUT2D eigenvalue weighted by Gasteiger charge is 2.28. The Morgan fingerprint density at radius 2 is 2.18 bits per heavy atom. The van der Waals surface area contributed by atoms with Crippen molar-refractivity contribution >= 4 is 20.9 Å². The minimum absolute atomic E-state index is 0.0513. The van der Waals surface area contributed by atoms with E-state index in [0.29, 0.717) is 12.0 Å². The van der Waals surface area contributed by atoms with Gasteiger partial charge in [-0.1, -0.05) is 6.07 Å². The number of nitrogens with one attached hydrogen (secondary N) is 1. The molecule has 1 aromatic heterocycles. The Morgan fingerprint density at radius 1 is 1.36 bits per heavy atom. The second-order valence-electron chi connectivity index (χ2n) is 5.74. The number of aryl methyl sites for hydroxylation is 1. The monoisotopic (exact) mass is 320 g/mol. The van der Waals surface area contributed by atoms with Crippen LogP contribution in [0.15, 0.2) is 35.4 Å². The highest BCUT2D eigenvalue weighted by atomic mass is 32.2. The first-order valence-electron chi connectivity index (χ1n) is 7.47. The summed E-state index contributed by atoms with van der Waals surface area (Å²) in [6.07, 6.45) is 3.49. The third-order valence-electron chi connectivity index (χ3n) is 4.08. The fourth-order valence-corrected chi connectivity index (χ4v) is 4.37. The first kappa shape index (κ1) is 15.4. The van der Waals surface area contributed by atoms with Crippen molar-refractivity contribution in [3.8, 4) is 0 Å².